The second-order valence-corrected chi connectivity index (χ2v) is 14.8. The molecular weight excluding hydrogens is 277 g/mol. The van der Waals surface area contributed by atoms with Crippen LogP contribution in [-0.2, 0) is 0 Å². The van der Waals surface area contributed by atoms with E-state index in [2.05, 4.69) is 20.0 Å². The molecule has 0 bridgehead atoms. The van der Waals surface area contributed by atoms with Gasteiger partial charge in [-0.25, -0.2) is 0 Å². The van der Waals surface area contributed by atoms with Crippen LogP contribution < -0.4 is 10.1 Å². The Hall–Kier alpha value is 0.0784. The van der Waals surface area contributed by atoms with Gasteiger partial charge in [0.25, 0.3) is 0 Å². The summed E-state index contributed by atoms with van der Waals surface area (Å²) >= 11 is -0.960. The van der Waals surface area contributed by atoms with Gasteiger partial charge in [-0.15, -0.1) is 0 Å². The molecule has 0 unspecified atom stereocenters. The standard InChI is InChI=1S/C9H12AsNOS2/c11-8-6-7(2-3-9(8)12)10-13-4-1-5-14-10/h2-3,6,12H,1,4-5,11H2. The van der Waals surface area contributed by atoms with Crippen LogP contribution in [0.25, 0.3) is 0 Å². The number of hydrogen-bond acceptors (Lipinski definition) is 4. The zero-order valence-corrected chi connectivity index (χ0v) is 11.2. The Morgan fingerprint density at radius 2 is 2.00 bits per heavy atom. The fourth-order valence-corrected chi connectivity index (χ4v) is 14.3. The Morgan fingerprint density at radius 3 is 2.64 bits per heavy atom. The molecule has 0 aromatic heterocycles. The molecule has 1 heterocycles. The fourth-order valence-electron chi connectivity index (χ4n) is 1.20. The average molecular weight is 289 g/mol. The number of hydrogen-bond donors (Lipinski definition) is 2. The van der Waals surface area contributed by atoms with Crippen molar-refractivity contribution in [3.05, 3.63) is 18.2 Å². The molecule has 1 aromatic carbocycles. The minimum absolute atomic E-state index is 0.203. The van der Waals surface area contributed by atoms with Crippen LogP contribution >= 0.6 is 20.0 Å². The Bertz CT molecular complexity index is 329. The van der Waals surface area contributed by atoms with Crippen molar-refractivity contribution in [1.82, 2.24) is 0 Å². The molecule has 0 radical (unpaired) electrons. The third-order valence-electron chi connectivity index (χ3n) is 1.93. The SMILES string of the molecule is Nc1cc([As]2SCCCS2)ccc1O. The molecule has 0 saturated carbocycles. The van der Waals surface area contributed by atoms with E-state index in [0.717, 1.165) is 0 Å². The third-order valence-corrected chi connectivity index (χ3v) is 15.5. The maximum atomic E-state index is 9.32. The quantitative estimate of drug-likeness (QED) is 0.468. The molecule has 76 valence electrons. The van der Waals surface area contributed by atoms with E-state index >= 15 is 0 Å². The first-order valence-corrected chi connectivity index (χ1v) is 11.8. The summed E-state index contributed by atoms with van der Waals surface area (Å²) < 4.78 is 1.36. The van der Waals surface area contributed by atoms with Crippen LogP contribution in [0.15, 0.2) is 18.2 Å². The fraction of sp³-hybridized carbons (Fsp3) is 0.333. The van der Waals surface area contributed by atoms with Crippen molar-refractivity contribution >= 4 is 42.4 Å². The summed E-state index contributed by atoms with van der Waals surface area (Å²) in [4.78, 5) is 0. The van der Waals surface area contributed by atoms with Crippen LogP contribution in [0, 0.1) is 0 Å². The van der Waals surface area contributed by atoms with Crippen molar-refractivity contribution in [2.45, 2.75) is 6.42 Å². The van der Waals surface area contributed by atoms with Crippen LogP contribution in [0.4, 0.5) is 5.69 Å². The molecule has 14 heavy (non-hydrogen) atoms. The van der Waals surface area contributed by atoms with Crippen LogP contribution in [0.1, 0.15) is 6.42 Å². The predicted molar refractivity (Wildman–Crippen MR) is 67.4 cm³/mol. The summed E-state index contributed by atoms with van der Waals surface area (Å²) in [5, 5.41) is 9.32. The van der Waals surface area contributed by atoms with Gasteiger partial charge in [0.1, 0.15) is 0 Å². The number of benzene rings is 1. The van der Waals surface area contributed by atoms with E-state index in [1.165, 1.54) is 22.3 Å². The van der Waals surface area contributed by atoms with Crippen molar-refractivity contribution in [2.75, 3.05) is 17.2 Å². The summed E-state index contributed by atoms with van der Waals surface area (Å²) in [6, 6.07) is 5.69. The number of nitrogen functional groups attached to an aromatic ring is 1. The van der Waals surface area contributed by atoms with E-state index in [1.54, 1.807) is 6.07 Å². The zero-order valence-electron chi connectivity index (χ0n) is 7.64. The molecule has 3 N–H and O–H groups in total. The molecule has 2 rings (SSSR count). The Labute approximate surface area is 94.9 Å². The van der Waals surface area contributed by atoms with Crippen molar-refractivity contribution in [3.8, 4) is 5.75 Å². The number of phenols is 1. The van der Waals surface area contributed by atoms with Crippen molar-refractivity contribution in [1.29, 1.82) is 0 Å². The summed E-state index contributed by atoms with van der Waals surface area (Å²) in [7, 11) is 4.20. The minimum atomic E-state index is -0.960. The van der Waals surface area contributed by atoms with Crippen LogP contribution in [0.2, 0.25) is 0 Å². The Balaban J connectivity index is 2.18. The van der Waals surface area contributed by atoms with Gasteiger partial charge in [-0.05, 0) is 0 Å². The molecule has 1 fully saturated rings. The molecule has 1 aromatic rings. The molecule has 1 aliphatic heterocycles. The van der Waals surface area contributed by atoms with Crippen LogP contribution in [0.5, 0.6) is 5.75 Å². The molecule has 0 aliphatic carbocycles. The van der Waals surface area contributed by atoms with E-state index in [4.69, 9.17) is 5.73 Å². The third kappa shape index (κ3) is 2.36. The van der Waals surface area contributed by atoms with Gasteiger partial charge in [-0.2, -0.15) is 0 Å². The molecule has 1 saturated heterocycles. The van der Waals surface area contributed by atoms with E-state index < -0.39 is 12.3 Å². The maximum absolute atomic E-state index is 9.32. The second-order valence-electron chi connectivity index (χ2n) is 3.02. The van der Waals surface area contributed by atoms with E-state index in [0.29, 0.717) is 5.69 Å². The van der Waals surface area contributed by atoms with Gasteiger partial charge in [0.2, 0.25) is 0 Å². The zero-order chi connectivity index (χ0) is 9.97. The van der Waals surface area contributed by atoms with Crippen LogP contribution in [0.3, 0.4) is 0 Å². The molecule has 0 amide bonds. The summed E-state index contributed by atoms with van der Waals surface area (Å²) in [6.07, 6.45) is 1.33. The van der Waals surface area contributed by atoms with E-state index in [9.17, 15) is 5.11 Å². The van der Waals surface area contributed by atoms with Gasteiger partial charge in [0.05, 0.1) is 0 Å². The first-order valence-electron chi connectivity index (χ1n) is 4.42. The molecule has 5 heteroatoms. The Morgan fingerprint density at radius 1 is 1.29 bits per heavy atom. The molecule has 0 spiro atoms. The van der Waals surface area contributed by atoms with Crippen molar-refractivity contribution in [3.63, 3.8) is 0 Å². The summed E-state index contributed by atoms with van der Waals surface area (Å²) in [6.45, 7) is 0. The van der Waals surface area contributed by atoms with Gasteiger partial charge in [0, 0.05) is 0 Å². The molecular formula is C9H12AsNOS2. The number of rotatable bonds is 1. The van der Waals surface area contributed by atoms with Gasteiger partial charge >= 0.3 is 95.1 Å². The second kappa shape index (κ2) is 4.73. The summed E-state index contributed by atoms with van der Waals surface area (Å²) in [5.41, 5.74) is 6.20. The molecule has 0 atom stereocenters. The first kappa shape index (κ1) is 10.6. The number of anilines is 1. The number of aromatic hydroxyl groups is 1. The van der Waals surface area contributed by atoms with Gasteiger partial charge in [0.15, 0.2) is 0 Å². The van der Waals surface area contributed by atoms with Gasteiger partial charge in [-0.1, -0.05) is 0 Å². The average Bonchev–Trinajstić information content (AvgIpc) is 2.23. The topological polar surface area (TPSA) is 46.2 Å². The monoisotopic (exact) mass is 289 g/mol. The molecule has 1 aliphatic rings. The van der Waals surface area contributed by atoms with E-state index in [-0.39, 0.29) is 5.75 Å². The van der Waals surface area contributed by atoms with E-state index in [1.807, 2.05) is 12.1 Å². The van der Waals surface area contributed by atoms with Gasteiger partial charge in [-0.3, -0.25) is 0 Å². The van der Waals surface area contributed by atoms with Crippen molar-refractivity contribution in [2.24, 2.45) is 0 Å². The van der Waals surface area contributed by atoms with Crippen molar-refractivity contribution < 1.29 is 5.11 Å². The number of nitrogens with two attached hydrogens (primary N) is 1. The first-order chi connectivity index (χ1) is 6.77. The van der Waals surface area contributed by atoms with Gasteiger partial charge < -0.3 is 0 Å². The van der Waals surface area contributed by atoms with Crippen LogP contribution in [-0.4, -0.2) is 29.0 Å². The molecule has 2 nitrogen and oxygen atoms in total. The number of phenolic OH excluding ortho intramolecular Hbond substituents is 1. The predicted octanol–water partition coefficient (Wildman–Crippen LogP) is 1.54. The Kier molecular flexibility index (Phi) is 3.58. The summed E-state index contributed by atoms with van der Waals surface area (Å²) in [5.74, 6) is 2.77. The normalized spacial score (nSPS) is 18.3.